The molecular formula is C17H19N7O. The lowest BCUT2D eigenvalue weighted by atomic mass is 10.3. The highest BCUT2D eigenvalue weighted by molar-refractivity contribution is 5.89. The molecule has 0 atom stereocenters. The summed E-state index contributed by atoms with van der Waals surface area (Å²) in [5.74, 6) is 0.847. The summed E-state index contributed by atoms with van der Waals surface area (Å²) in [7, 11) is 3.85. The molecule has 2 N–H and O–H groups in total. The lowest BCUT2D eigenvalue weighted by Crippen LogP contribution is -2.28. The second kappa shape index (κ2) is 7.43. The van der Waals surface area contributed by atoms with Gasteiger partial charge < -0.3 is 15.5 Å². The van der Waals surface area contributed by atoms with Crippen molar-refractivity contribution in [2.75, 3.05) is 24.3 Å². The van der Waals surface area contributed by atoms with E-state index in [0.29, 0.717) is 12.2 Å². The van der Waals surface area contributed by atoms with Gasteiger partial charge >= 0.3 is 6.03 Å². The topological polar surface area (TPSA) is 88.0 Å². The molecule has 2 aromatic heterocycles. The van der Waals surface area contributed by atoms with Crippen LogP contribution in [-0.4, -0.2) is 40.1 Å². The number of amides is 2. The zero-order valence-corrected chi connectivity index (χ0v) is 14.0. The van der Waals surface area contributed by atoms with Crippen molar-refractivity contribution in [2.24, 2.45) is 0 Å². The third-order valence-electron chi connectivity index (χ3n) is 3.47. The Hall–Kier alpha value is -3.42. The molecule has 2 heterocycles. The van der Waals surface area contributed by atoms with Crippen LogP contribution in [0.3, 0.4) is 0 Å². The minimum absolute atomic E-state index is 0.298. The van der Waals surface area contributed by atoms with Crippen molar-refractivity contribution in [3.63, 3.8) is 0 Å². The number of urea groups is 1. The van der Waals surface area contributed by atoms with E-state index in [9.17, 15) is 4.79 Å². The van der Waals surface area contributed by atoms with E-state index in [4.69, 9.17) is 0 Å². The summed E-state index contributed by atoms with van der Waals surface area (Å²) < 4.78 is 1.62. The van der Waals surface area contributed by atoms with Gasteiger partial charge in [-0.25, -0.2) is 14.5 Å². The van der Waals surface area contributed by atoms with Gasteiger partial charge in [0.1, 0.15) is 5.82 Å². The molecule has 1 aromatic carbocycles. The van der Waals surface area contributed by atoms with Gasteiger partial charge in [0.2, 0.25) is 0 Å². The van der Waals surface area contributed by atoms with E-state index in [0.717, 1.165) is 17.2 Å². The van der Waals surface area contributed by atoms with Gasteiger partial charge in [0.15, 0.2) is 0 Å². The minimum atomic E-state index is -0.298. The molecule has 0 aliphatic carbocycles. The van der Waals surface area contributed by atoms with Crippen molar-refractivity contribution in [1.29, 1.82) is 0 Å². The van der Waals surface area contributed by atoms with Crippen molar-refractivity contribution in [2.45, 2.75) is 6.54 Å². The number of aromatic nitrogens is 4. The number of benzene rings is 1. The molecule has 0 unspecified atom stereocenters. The summed E-state index contributed by atoms with van der Waals surface area (Å²) in [5.41, 5.74) is 2.27. The Morgan fingerprint density at radius 2 is 2.04 bits per heavy atom. The summed E-state index contributed by atoms with van der Waals surface area (Å²) in [6.45, 7) is 0.344. The highest BCUT2D eigenvalue weighted by atomic mass is 16.2. The quantitative estimate of drug-likeness (QED) is 0.744. The van der Waals surface area contributed by atoms with Crippen LogP contribution in [0.4, 0.5) is 16.3 Å². The maximum absolute atomic E-state index is 12.1. The predicted octanol–water partition coefficient (Wildman–Crippen LogP) is 2.05. The highest BCUT2D eigenvalue weighted by Gasteiger charge is 2.05. The first-order chi connectivity index (χ1) is 12.1. The predicted molar refractivity (Wildman–Crippen MR) is 95.8 cm³/mol. The first-order valence-electron chi connectivity index (χ1n) is 7.77. The highest BCUT2D eigenvalue weighted by Crippen LogP contribution is 2.13. The zero-order valence-electron chi connectivity index (χ0n) is 14.0. The van der Waals surface area contributed by atoms with Crippen molar-refractivity contribution in [3.05, 3.63) is 60.6 Å². The van der Waals surface area contributed by atoms with Gasteiger partial charge in [-0.3, -0.25) is 0 Å². The van der Waals surface area contributed by atoms with E-state index in [2.05, 4.69) is 25.9 Å². The van der Waals surface area contributed by atoms with Crippen LogP contribution in [0, 0.1) is 0 Å². The van der Waals surface area contributed by atoms with Gasteiger partial charge in [0.25, 0.3) is 0 Å². The molecule has 0 saturated carbocycles. The number of rotatable bonds is 5. The fourth-order valence-electron chi connectivity index (χ4n) is 2.23. The van der Waals surface area contributed by atoms with Crippen LogP contribution in [0.25, 0.3) is 5.69 Å². The Labute approximate surface area is 145 Å². The third-order valence-corrected chi connectivity index (χ3v) is 3.47. The Morgan fingerprint density at radius 3 is 2.80 bits per heavy atom. The number of nitrogens with zero attached hydrogens (tertiary/aromatic N) is 5. The van der Waals surface area contributed by atoms with Crippen LogP contribution in [0.1, 0.15) is 5.69 Å². The molecule has 8 nitrogen and oxygen atoms in total. The number of hydrogen-bond donors (Lipinski definition) is 2. The van der Waals surface area contributed by atoms with E-state index >= 15 is 0 Å². The normalized spacial score (nSPS) is 10.3. The van der Waals surface area contributed by atoms with Crippen molar-refractivity contribution in [3.8, 4) is 5.69 Å². The van der Waals surface area contributed by atoms with Crippen LogP contribution in [0.5, 0.6) is 0 Å². The van der Waals surface area contributed by atoms with E-state index < -0.39 is 0 Å². The van der Waals surface area contributed by atoms with Gasteiger partial charge in [0.05, 0.1) is 30.3 Å². The summed E-state index contributed by atoms with van der Waals surface area (Å²) in [6, 6.07) is 12.8. The summed E-state index contributed by atoms with van der Waals surface area (Å²) >= 11 is 0. The van der Waals surface area contributed by atoms with Crippen molar-refractivity contribution < 1.29 is 4.79 Å². The van der Waals surface area contributed by atoms with Crippen LogP contribution in [0.15, 0.2) is 54.9 Å². The summed E-state index contributed by atoms with van der Waals surface area (Å²) in [5, 5.41) is 13.3. The van der Waals surface area contributed by atoms with Crippen LogP contribution in [0.2, 0.25) is 0 Å². The molecule has 8 heteroatoms. The molecular weight excluding hydrogens is 318 g/mol. The molecule has 128 valence electrons. The van der Waals surface area contributed by atoms with Gasteiger partial charge in [-0.15, -0.1) is 5.10 Å². The first-order valence-corrected chi connectivity index (χ1v) is 7.77. The maximum Gasteiger partial charge on any atom is 0.319 e. The van der Waals surface area contributed by atoms with E-state index in [1.54, 1.807) is 17.1 Å². The number of pyridine rings is 1. The lowest BCUT2D eigenvalue weighted by molar-refractivity contribution is 0.251. The SMILES string of the molecule is CN(C)c1cccc(CNC(=O)Nc2cccc(-n3ccnn3)c2)n1. The van der Waals surface area contributed by atoms with Crippen LogP contribution in [-0.2, 0) is 6.54 Å². The number of nitrogens with one attached hydrogen (secondary N) is 2. The lowest BCUT2D eigenvalue weighted by Gasteiger charge is -2.13. The molecule has 0 radical (unpaired) electrons. The maximum atomic E-state index is 12.1. The molecule has 3 aromatic rings. The average molecular weight is 337 g/mol. The number of carbonyl (C=O) groups is 1. The molecule has 0 fully saturated rings. The molecule has 0 aliphatic heterocycles. The van der Waals surface area contributed by atoms with E-state index in [1.807, 2.05) is 61.5 Å². The molecule has 25 heavy (non-hydrogen) atoms. The Balaban J connectivity index is 1.60. The minimum Gasteiger partial charge on any atom is -0.363 e. The standard InChI is InChI=1S/C17H19N7O/c1-23(2)16-8-4-6-14(20-16)12-18-17(25)21-13-5-3-7-15(11-13)24-10-9-19-22-24/h3-11H,12H2,1-2H3,(H2,18,21,25). The molecule has 0 spiro atoms. The van der Waals surface area contributed by atoms with Crippen molar-refractivity contribution >= 4 is 17.5 Å². The third kappa shape index (κ3) is 4.31. The number of carbonyl (C=O) groups excluding carboxylic acids is 1. The fourth-order valence-corrected chi connectivity index (χ4v) is 2.23. The van der Waals surface area contributed by atoms with E-state index in [-0.39, 0.29) is 6.03 Å². The zero-order chi connectivity index (χ0) is 17.6. The van der Waals surface area contributed by atoms with Crippen LogP contribution >= 0.6 is 0 Å². The van der Waals surface area contributed by atoms with Gasteiger partial charge in [-0.05, 0) is 30.3 Å². The Bertz CT molecular complexity index is 846. The monoisotopic (exact) mass is 337 g/mol. The second-order valence-electron chi connectivity index (χ2n) is 5.59. The number of anilines is 2. The molecule has 0 saturated heterocycles. The van der Waals surface area contributed by atoms with Gasteiger partial charge in [-0.1, -0.05) is 17.3 Å². The molecule has 0 bridgehead atoms. The summed E-state index contributed by atoms with van der Waals surface area (Å²) in [4.78, 5) is 18.5. The van der Waals surface area contributed by atoms with Gasteiger partial charge in [0, 0.05) is 19.8 Å². The second-order valence-corrected chi connectivity index (χ2v) is 5.59. The average Bonchev–Trinajstić information content (AvgIpc) is 3.15. The van der Waals surface area contributed by atoms with Crippen LogP contribution < -0.4 is 15.5 Å². The van der Waals surface area contributed by atoms with Gasteiger partial charge in [-0.2, -0.15) is 0 Å². The smallest absolute Gasteiger partial charge is 0.319 e. The fraction of sp³-hybridized carbons (Fsp3) is 0.176. The van der Waals surface area contributed by atoms with E-state index in [1.165, 1.54) is 0 Å². The first kappa shape index (κ1) is 16.4. The molecule has 3 rings (SSSR count). The number of hydrogen-bond acceptors (Lipinski definition) is 5. The molecule has 2 amide bonds. The Morgan fingerprint density at radius 1 is 1.20 bits per heavy atom. The largest absolute Gasteiger partial charge is 0.363 e. The Kier molecular flexibility index (Phi) is 4.89. The molecule has 0 aliphatic rings. The summed E-state index contributed by atoms with van der Waals surface area (Å²) in [6.07, 6.45) is 3.34. The van der Waals surface area contributed by atoms with Crippen molar-refractivity contribution in [1.82, 2.24) is 25.3 Å².